The van der Waals surface area contributed by atoms with Crippen molar-refractivity contribution in [3.63, 3.8) is 0 Å². The number of rotatable bonds is 15. The minimum absolute atomic E-state index is 0. The van der Waals surface area contributed by atoms with Gasteiger partial charge in [-0.15, -0.1) is 24.0 Å². The zero-order chi connectivity index (χ0) is 18.9. The SMILES string of the molecule is CCCCOCCOCCNC(=NCC(CC(C)C)N(C)C)NCC.I. The van der Waals surface area contributed by atoms with Gasteiger partial charge in [-0.05, 0) is 39.8 Å². The van der Waals surface area contributed by atoms with E-state index in [9.17, 15) is 0 Å². The predicted molar refractivity (Wildman–Crippen MR) is 123 cm³/mol. The van der Waals surface area contributed by atoms with E-state index in [4.69, 9.17) is 14.5 Å². The van der Waals surface area contributed by atoms with Crippen molar-refractivity contribution in [2.75, 3.05) is 60.2 Å². The van der Waals surface area contributed by atoms with Gasteiger partial charge in [0.1, 0.15) is 0 Å². The molecule has 26 heavy (non-hydrogen) atoms. The van der Waals surface area contributed by atoms with Crippen molar-refractivity contribution in [2.24, 2.45) is 10.9 Å². The molecule has 0 rings (SSSR count). The highest BCUT2D eigenvalue weighted by atomic mass is 127. The lowest BCUT2D eigenvalue weighted by Gasteiger charge is -2.24. The molecule has 1 unspecified atom stereocenters. The molecule has 0 amide bonds. The maximum atomic E-state index is 5.58. The third-order valence-corrected chi connectivity index (χ3v) is 3.83. The number of halogens is 1. The smallest absolute Gasteiger partial charge is 0.191 e. The maximum Gasteiger partial charge on any atom is 0.191 e. The predicted octanol–water partition coefficient (Wildman–Crippen LogP) is 2.97. The summed E-state index contributed by atoms with van der Waals surface area (Å²) in [7, 11) is 4.25. The maximum absolute atomic E-state index is 5.58. The summed E-state index contributed by atoms with van der Waals surface area (Å²) in [5.74, 6) is 1.53. The van der Waals surface area contributed by atoms with Crippen LogP contribution in [0.5, 0.6) is 0 Å². The summed E-state index contributed by atoms with van der Waals surface area (Å²) >= 11 is 0. The van der Waals surface area contributed by atoms with Crippen molar-refractivity contribution >= 4 is 29.9 Å². The Morgan fingerprint density at radius 2 is 1.65 bits per heavy atom. The summed E-state index contributed by atoms with van der Waals surface area (Å²) in [5.41, 5.74) is 0. The molecular formula is C19H43IN4O2. The van der Waals surface area contributed by atoms with Gasteiger partial charge in [-0.1, -0.05) is 27.2 Å². The lowest BCUT2D eigenvalue weighted by molar-refractivity contribution is 0.0487. The molecule has 0 fully saturated rings. The van der Waals surface area contributed by atoms with E-state index in [-0.39, 0.29) is 24.0 Å². The first-order chi connectivity index (χ1) is 12.0. The molecule has 2 N–H and O–H groups in total. The second-order valence-corrected chi connectivity index (χ2v) is 6.97. The molecule has 0 aromatic carbocycles. The summed E-state index contributed by atoms with van der Waals surface area (Å²) in [6.45, 7) is 14.0. The van der Waals surface area contributed by atoms with Gasteiger partial charge in [-0.2, -0.15) is 0 Å². The highest BCUT2D eigenvalue weighted by Gasteiger charge is 2.13. The molecule has 0 aliphatic rings. The van der Waals surface area contributed by atoms with Crippen molar-refractivity contribution in [3.8, 4) is 0 Å². The van der Waals surface area contributed by atoms with Crippen LogP contribution in [0.15, 0.2) is 4.99 Å². The molecule has 0 aliphatic carbocycles. The van der Waals surface area contributed by atoms with Gasteiger partial charge in [-0.3, -0.25) is 4.99 Å². The minimum Gasteiger partial charge on any atom is -0.379 e. The lowest BCUT2D eigenvalue weighted by atomic mass is 10.0. The van der Waals surface area contributed by atoms with Gasteiger partial charge in [0.05, 0.1) is 26.4 Å². The second kappa shape index (κ2) is 19.6. The van der Waals surface area contributed by atoms with E-state index in [0.717, 1.165) is 45.0 Å². The standard InChI is InChI=1S/C19H42N4O2.HI/c1-7-9-11-24-13-14-25-12-10-21-19(20-8-2)22-16-18(23(5)6)15-17(3)4;/h17-18H,7-16H2,1-6H3,(H2,20,21,22);1H. The third kappa shape index (κ3) is 17.3. The van der Waals surface area contributed by atoms with Crippen LogP contribution in [0.2, 0.25) is 0 Å². The Labute approximate surface area is 178 Å². The fraction of sp³-hybridized carbons (Fsp3) is 0.947. The van der Waals surface area contributed by atoms with Gasteiger partial charge in [-0.25, -0.2) is 0 Å². The van der Waals surface area contributed by atoms with Crippen LogP contribution in [0.1, 0.15) is 47.0 Å². The molecule has 0 aromatic rings. The van der Waals surface area contributed by atoms with E-state index in [0.29, 0.717) is 31.8 Å². The van der Waals surface area contributed by atoms with Crippen molar-refractivity contribution in [3.05, 3.63) is 0 Å². The van der Waals surface area contributed by atoms with E-state index in [2.05, 4.69) is 57.3 Å². The molecule has 0 bridgehead atoms. The van der Waals surface area contributed by atoms with E-state index < -0.39 is 0 Å². The number of nitrogens with zero attached hydrogens (tertiary/aromatic N) is 2. The summed E-state index contributed by atoms with van der Waals surface area (Å²) in [6.07, 6.45) is 3.44. The first-order valence-corrected chi connectivity index (χ1v) is 9.85. The first-order valence-electron chi connectivity index (χ1n) is 9.85. The highest BCUT2D eigenvalue weighted by molar-refractivity contribution is 14.0. The van der Waals surface area contributed by atoms with Gasteiger partial charge in [0.25, 0.3) is 0 Å². The Morgan fingerprint density at radius 3 is 2.19 bits per heavy atom. The molecule has 0 heterocycles. The molecule has 0 saturated heterocycles. The minimum atomic E-state index is 0. The molecule has 6 nitrogen and oxygen atoms in total. The van der Waals surface area contributed by atoms with E-state index >= 15 is 0 Å². The van der Waals surface area contributed by atoms with Crippen LogP contribution in [0, 0.1) is 5.92 Å². The number of nitrogens with one attached hydrogen (secondary N) is 2. The average Bonchev–Trinajstić information content (AvgIpc) is 2.56. The Hall–Kier alpha value is -0.120. The molecule has 7 heteroatoms. The van der Waals surface area contributed by atoms with Gasteiger partial charge < -0.3 is 25.0 Å². The molecule has 158 valence electrons. The van der Waals surface area contributed by atoms with E-state index in [1.165, 1.54) is 6.42 Å². The van der Waals surface area contributed by atoms with Gasteiger partial charge in [0, 0.05) is 25.7 Å². The summed E-state index contributed by atoms with van der Waals surface area (Å²) in [5, 5.41) is 6.63. The van der Waals surface area contributed by atoms with Gasteiger partial charge in [0.2, 0.25) is 0 Å². The first kappa shape index (κ1) is 28.1. The lowest BCUT2D eigenvalue weighted by Crippen LogP contribution is -2.40. The fourth-order valence-corrected chi connectivity index (χ4v) is 2.34. The van der Waals surface area contributed by atoms with Crippen molar-refractivity contribution in [2.45, 2.75) is 53.0 Å². The Balaban J connectivity index is 0. The Bertz CT molecular complexity index is 329. The van der Waals surface area contributed by atoms with Crippen LogP contribution in [-0.2, 0) is 9.47 Å². The number of ether oxygens (including phenoxy) is 2. The van der Waals surface area contributed by atoms with Crippen molar-refractivity contribution in [1.82, 2.24) is 15.5 Å². The third-order valence-electron chi connectivity index (χ3n) is 3.83. The van der Waals surface area contributed by atoms with Crippen LogP contribution in [0.3, 0.4) is 0 Å². The number of hydrogen-bond acceptors (Lipinski definition) is 4. The summed E-state index contributed by atoms with van der Waals surface area (Å²) in [4.78, 5) is 6.99. The Kier molecular flexibility index (Phi) is 21.2. The average molecular weight is 486 g/mol. The van der Waals surface area contributed by atoms with Crippen LogP contribution in [0.4, 0.5) is 0 Å². The molecule has 0 spiro atoms. The monoisotopic (exact) mass is 486 g/mol. The van der Waals surface area contributed by atoms with Crippen LogP contribution < -0.4 is 10.6 Å². The molecule has 0 aromatic heterocycles. The number of guanidine groups is 1. The van der Waals surface area contributed by atoms with Crippen LogP contribution in [-0.4, -0.2) is 77.1 Å². The summed E-state index contributed by atoms with van der Waals surface area (Å²) < 4.78 is 11.1. The quantitative estimate of drug-likeness (QED) is 0.161. The van der Waals surface area contributed by atoms with Crippen LogP contribution >= 0.6 is 24.0 Å². The summed E-state index contributed by atoms with van der Waals surface area (Å²) in [6, 6.07) is 0.465. The van der Waals surface area contributed by atoms with Crippen LogP contribution in [0.25, 0.3) is 0 Å². The van der Waals surface area contributed by atoms with Crippen molar-refractivity contribution in [1.29, 1.82) is 0 Å². The second-order valence-electron chi connectivity index (χ2n) is 6.97. The van der Waals surface area contributed by atoms with E-state index in [1.54, 1.807) is 0 Å². The van der Waals surface area contributed by atoms with Gasteiger partial charge in [0.15, 0.2) is 5.96 Å². The van der Waals surface area contributed by atoms with Gasteiger partial charge >= 0.3 is 0 Å². The molecule has 0 saturated carbocycles. The highest BCUT2D eigenvalue weighted by Crippen LogP contribution is 2.09. The molecule has 1 atom stereocenters. The van der Waals surface area contributed by atoms with Crippen molar-refractivity contribution < 1.29 is 9.47 Å². The zero-order valence-electron chi connectivity index (χ0n) is 17.8. The number of aliphatic imine (C=N–C) groups is 1. The fourth-order valence-electron chi connectivity index (χ4n) is 2.34. The Morgan fingerprint density at radius 1 is 1.00 bits per heavy atom. The topological polar surface area (TPSA) is 58.1 Å². The number of hydrogen-bond donors (Lipinski definition) is 2. The number of likely N-dealkylation sites (N-methyl/N-ethyl adjacent to an activating group) is 1. The molecule has 0 aliphatic heterocycles. The normalized spacial score (nSPS) is 13.0. The van der Waals surface area contributed by atoms with E-state index in [1.807, 2.05) is 0 Å². The largest absolute Gasteiger partial charge is 0.379 e. The molecular weight excluding hydrogens is 443 g/mol. The zero-order valence-corrected chi connectivity index (χ0v) is 20.2. The number of unbranched alkanes of at least 4 members (excludes halogenated alkanes) is 1. The molecule has 0 radical (unpaired) electrons.